The lowest BCUT2D eigenvalue weighted by Crippen LogP contribution is -2.23. The third-order valence-electron chi connectivity index (χ3n) is 3.82. The Balaban J connectivity index is 1.76. The topological polar surface area (TPSA) is 58.2 Å². The molecule has 0 radical (unpaired) electrons. The van der Waals surface area contributed by atoms with Crippen LogP contribution in [-0.4, -0.2) is 8.42 Å². The van der Waals surface area contributed by atoms with Crippen molar-refractivity contribution in [2.45, 2.75) is 31.5 Å². The lowest BCUT2D eigenvalue weighted by molar-refractivity contribution is 0.581. The summed E-state index contributed by atoms with van der Waals surface area (Å²) in [5.41, 5.74) is 4.31. The summed E-state index contributed by atoms with van der Waals surface area (Å²) >= 11 is 6.00. The van der Waals surface area contributed by atoms with Crippen molar-refractivity contribution in [3.8, 4) is 0 Å². The number of fused-ring (bicyclic) bond motifs is 1. The number of aryl methyl sites for hydroxylation is 1. The Labute approximate surface area is 135 Å². The van der Waals surface area contributed by atoms with E-state index in [1.165, 1.54) is 17.2 Å². The van der Waals surface area contributed by atoms with Crippen molar-refractivity contribution in [1.82, 2.24) is 10.0 Å². The van der Waals surface area contributed by atoms with Gasteiger partial charge in [0.15, 0.2) is 0 Å². The molecule has 0 saturated heterocycles. The molecule has 0 aromatic heterocycles. The highest BCUT2D eigenvalue weighted by Gasteiger charge is 2.16. The molecular weight excluding hydrogens is 320 g/mol. The van der Waals surface area contributed by atoms with Gasteiger partial charge in [-0.15, -0.1) is 0 Å². The summed E-state index contributed by atoms with van der Waals surface area (Å²) < 4.78 is 27.3. The van der Waals surface area contributed by atoms with Gasteiger partial charge in [0.1, 0.15) is 0 Å². The fraction of sp³-hybridized carbons (Fsp3) is 0.250. The number of hydrogen-bond donors (Lipinski definition) is 2. The van der Waals surface area contributed by atoms with Crippen molar-refractivity contribution in [2.75, 3.05) is 0 Å². The van der Waals surface area contributed by atoms with Gasteiger partial charge in [-0.25, -0.2) is 13.1 Å². The van der Waals surface area contributed by atoms with E-state index in [2.05, 4.69) is 10.0 Å². The molecule has 0 spiro atoms. The Bertz CT molecular complexity index is 819. The van der Waals surface area contributed by atoms with Crippen LogP contribution in [0.15, 0.2) is 41.3 Å². The van der Waals surface area contributed by atoms with Crippen molar-refractivity contribution < 1.29 is 8.42 Å². The minimum Gasteiger partial charge on any atom is -0.309 e. The molecule has 0 unspecified atom stereocenters. The number of nitrogens with one attached hydrogen (secondary N) is 2. The van der Waals surface area contributed by atoms with Crippen LogP contribution in [0.25, 0.3) is 0 Å². The van der Waals surface area contributed by atoms with E-state index in [9.17, 15) is 8.42 Å². The fourth-order valence-electron chi connectivity index (χ4n) is 2.46. The van der Waals surface area contributed by atoms with Crippen LogP contribution >= 0.6 is 11.6 Å². The Morgan fingerprint density at radius 3 is 2.68 bits per heavy atom. The van der Waals surface area contributed by atoms with Crippen LogP contribution < -0.4 is 10.0 Å². The molecule has 4 nitrogen and oxygen atoms in total. The van der Waals surface area contributed by atoms with Crippen molar-refractivity contribution in [3.05, 3.63) is 63.7 Å². The summed E-state index contributed by atoms with van der Waals surface area (Å²) in [6.45, 7) is 3.82. The van der Waals surface area contributed by atoms with E-state index < -0.39 is 10.0 Å². The van der Waals surface area contributed by atoms with Gasteiger partial charge in [-0.3, -0.25) is 0 Å². The molecule has 116 valence electrons. The Morgan fingerprint density at radius 1 is 1.14 bits per heavy atom. The van der Waals surface area contributed by atoms with E-state index in [-0.39, 0.29) is 11.4 Å². The molecule has 3 rings (SSSR count). The maximum absolute atomic E-state index is 12.3. The second-order valence-corrected chi connectivity index (χ2v) is 7.62. The molecule has 0 saturated carbocycles. The van der Waals surface area contributed by atoms with E-state index in [1.807, 2.05) is 25.1 Å². The van der Waals surface area contributed by atoms with Crippen molar-refractivity contribution in [3.63, 3.8) is 0 Å². The van der Waals surface area contributed by atoms with Crippen LogP contribution in [0.2, 0.25) is 5.02 Å². The SMILES string of the molecule is Cc1ccc(S(=O)(=O)NCc2ccc3c(c2)CNC3)cc1Cl. The number of benzene rings is 2. The number of hydrogen-bond acceptors (Lipinski definition) is 3. The summed E-state index contributed by atoms with van der Waals surface area (Å²) in [6, 6.07) is 10.8. The third kappa shape index (κ3) is 3.17. The number of rotatable bonds is 4. The van der Waals surface area contributed by atoms with Crippen LogP contribution in [0.5, 0.6) is 0 Å². The highest BCUT2D eigenvalue weighted by atomic mass is 35.5. The Morgan fingerprint density at radius 2 is 1.91 bits per heavy atom. The molecule has 2 N–H and O–H groups in total. The van der Waals surface area contributed by atoms with Crippen molar-refractivity contribution >= 4 is 21.6 Å². The average Bonchev–Trinajstić information content (AvgIpc) is 2.95. The summed E-state index contributed by atoms with van der Waals surface area (Å²) in [6.07, 6.45) is 0. The first-order valence-corrected chi connectivity index (χ1v) is 8.89. The maximum Gasteiger partial charge on any atom is 0.240 e. The first-order chi connectivity index (χ1) is 10.5. The Hall–Kier alpha value is -1.40. The predicted octanol–water partition coefficient (Wildman–Crippen LogP) is 2.73. The zero-order valence-corrected chi connectivity index (χ0v) is 13.8. The highest BCUT2D eigenvalue weighted by Crippen LogP contribution is 2.21. The molecule has 0 amide bonds. The maximum atomic E-state index is 12.3. The molecule has 1 aliphatic rings. The normalized spacial score (nSPS) is 14.1. The summed E-state index contributed by atoms with van der Waals surface area (Å²) in [5, 5.41) is 3.72. The van der Waals surface area contributed by atoms with Gasteiger partial charge in [0.05, 0.1) is 4.90 Å². The van der Waals surface area contributed by atoms with Gasteiger partial charge in [0.25, 0.3) is 0 Å². The van der Waals surface area contributed by atoms with Crippen LogP contribution in [0.4, 0.5) is 0 Å². The largest absolute Gasteiger partial charge is 0.309 e. The van der Waals surface area contributed by atoms with Gasteiger partial charge in [-0.2, -0.15) is 0 Å². The quantitative estimate of drug-likeness (QED) is 0.902. The van der Waals surface area contributed by atoms with Crippen LogP contribution in [0, 0.1) is 6.92 Å². The second kappa shape index (κ2) is 6.01. The smallest absolute Gasteiger partial charge is 0.240 e. The summed E-state index contributed by atoms with van der Waals surface area (Å²) in [5.74, 6) is 0. The minimum absolute atomic E-state index is 0.186. The van der Waals surface area contributed by atoms with Gasteiger partial charge in [-0.05, 0) is 41.3 Å². The number of sulfonamides is 1. The molecule has 1 heterocycles. The fourth-order valence-corrected chi connectivity index (χ4v) is 3.75. The molecule has 22 heavy (non-hydrogen) atoms. The lowest BCUT2D eigenvalue weighted by Gasteiger charge is -2.09. The van der Waals surface area contributed by atoms with Crippen LogP contribution in [-0.2, 0) is 29.7 Å². The molecule has 0 fully saturated rings. The van der Waals surface area contributed by atoms with Crippen LogP contribution in [0.3, 0.4) is 0 Å². The van der Waals surface area contributed by atoms with Gasteiger partial charge in [0, 0.05) is 24.7 Å². The van der Waals surface area contributed by atoms with E-state index in [0.717, 1.165) is 24.2 Å². The second-order valence-electron chi connectivity index (χ2n) is 5.44. The molecule has 2 aromatic carbocycles. The third-order valence-corrected chi connectivity index (χ3v) is 5.63. The van der Waals surface area contributed by atoms with Gasteiger partial charge in [-0.1, -0.05) is 35.9 Å². The Kier molecular flexibility index (Phi) is 4.23. The predicted molar refractivity (Wildman–Crippen MR) is 87.2 cm³/mol. The minimum atomic E-state index is -3.56. The summed E-state index contributed by atoms with van der Waals surface area (Å²) in [7, 11) is -3.56. The molecule has 1 aliphatic heterocycles. The first kappa shape index (κ1) is 15.5. The van der Waals surface area contributed by atoms with E-state index in [1.54, 1.807) is 12.1 Å². The van der Waals surface area contributed by atoms with Crippen LogP contribution in [0.1, 0.15) is 22.3 Å². The number of halogens is 1. The van der Waals surface area contributed by atoms with Gasteiger partial charge >= 0.3 is 0 Å². The monoisotopic (exact) mass is 336 g/mol. The van der Waals surface area contributed by atoms with E-state index in [4.69, 9.17) is 11.6 Å². The molecule has 0 aliphatic carbocycles. The lowest BCUT2D eigenvalue weighted by atomic mass is 10.1. The van der Waals surface area contributed by atoms with Crippen molar-refractivity contribution in [2.24, 2.45) is 0 Å². The zero-order valence-electron chi connectivity index (χ0n) is 12.2. The standard InChI is InChI=1S/C16H17ClN2O2S/c1-11-2-5-15(7-16(11)17)22(20,21)19-8-12-3-4-13-9-18-10-14(13)6-12/h2-7,18-19H,8-10H2,1H3. The average molecular weight is 337 g/mol. The zero-order chi connectivity index (χ0) is 15.7. The molecule has 0 bridgehead atoms. The molecular formula is C16H17ClN2O2S. The van der Waals surface area contributed by atoms with Crippen molar-refractivity contribution in [1.29, 1.82) is 0 Å². The molecule has 6 heteroatoms. The first-order valence-electron chi connectivity index (χ1n) is 7.03. The van der Waals surface area contributed by atoms with Gasteiger partial charge in [0.2, 0.25) is 10.0 Å². The van der Waals surface area contributed by atoms with E-state index in [0.29, 0.717) is 5.02 Å². The molecule has 0 atom stereocenters. The van der Waals surface area contributed by atoms with E-state index >= 15 is 0 Å². The summed E-state index contributed by atoms with van der Waals surface area (Å²) in [4.78, 5) is 0.186. The molecule has 2 aromatic rings. The van der Waals surface area contributed by atoms with Gasteiger partial charge < -0.3 is 5.32 Å². The highest BCUT2D eigenvalue weighted by molar-refractivity contribution is 7.89.